The molecule has 26 heavy (non-hydrogen) atoms. The molecule has 1 aliphatic rings. The minimum atomic E-state index is -0.481. The Morgan fingerprint density at radius 2 is 1.85 bits per heavy atom. The van der Waals surface area contributed by atoms with Crippen LogP contribution < -0.4 is 10.1 Å². The number of nitrogens with zero attached hydrogens (tertiary/aromatic N) is 1. The van der Waals surface area contributed by atoms with Crippen LogP contribution in [0.4, 0.5) is 9.18 Å². The Hall–Kier alpha value is -3.41. The molecule has 1 N–H and O–H groups in total. The summed E-state index contributed by atoms with van der Waals surface area (Å²) in [5.41, 5.74) is 1.64. The highest BCUT2D eigenvalue weighted by atomic mass is 19.1. The van der Waals surface area contributed by atoms with E-state index in [4.69, 9.17) is 4.74 Å². The van der Waals surface area contributed by atoms with Crippen LogP contribution in [0.25, 0.3) is 6.08 Å². The lowest BCUT2D eigenvalue weighted by Gasteiger charge is -2.10. The highest BCUT2D eigenvalue weighted by Crippen LogP contribution is 2.23. The van der Waals surface area contributed by atoms with Gasteiger partial charge in [0.05, 0.1) is 0 Å². The van der Waals surface area contributed by atoms with Crippen molar-refractivity contribution in [2.75, 3.05) is 6.54 Å². The highest BCUT2D eigenvalue weighted by Gasteiger charge is 2.32. The summed E-state index contributed by atoms with van der Waals surface area (Å²) < 4.78 is 18.8. The van der Waals surface area contributed by atoms with Gasteiger partial charge in [-0.15, -0.1) is 6.58 Å². The fourth-order valence-corrected chi connectivity index (χ4v) is 2.49. The number of ether oxygens (including phenoxy) is 1. The van der Waals surface area contributed by atoms with E-state index in [2.05, 4.69) is 11.9 Å². The normalized spacial score (nSPS) is 15.3. The van der Waals surface area contributed by atoms with Crippen LogP contribution in [-0.4, -0.2) is 23.4 Å². The number of rotatable bonds is 6. The van der Waals surface area contributed by atoms with Crippen molar-refractivity contribution < 1.29 is 18.7 Å². The molecule has 0 aliphatic carbocycles. The average molecular weight is 352 g/mol. The number of urea groups is 1. The maximum Gasteiger partial charge on any atom is 0.329 e. The second kappa shape index (κ2) is 7.65. The minimum absolute atomic E-state index is 0.144. The van der Waals surface area contributed by atoms with Gasteiger partial charge in [-0.25, -0.2) is 9.18 Å². The van der Waals surface area contributed by atoms with Crippen LogP contribution in [0.5, 0.6) is 5.75 Å². The van der Waals surface area contributed by atoms with Gasteiger partial charge in [-0.2, -0.15) is 0 Å². The van der Waals surface area contributed by atoms with Gasteiger partial charge in [-0.1, -0.05) is 36.4 Å². The van der Waals surface area contributed by atoms with Crippen molar-refractivity contribution in [3.05, 3.63) is 83.8 Å². The van der Waals surface area contributed by atoms with E-state index in [0.717, 1.165) is 10.5 Å². The third kappa shape index (κ3) is 3.80. The van der Waals surface area contributed by atoms with Crippen LogP contribution in [0, 0.1) is 5.82 Å². The topological polar surface area (TPSA) is 58.6 Å². The zero-order valence-corrected chi connectivity index (χ0v) is 13.9. The number of imide groups is 1. The molecular formula is C20H17FN2O3. The van der Waals surface area contributed by atoms with Gasteiger partial charge < -0.3 is 10.1 Å². The van der Waals surface area contributed by atoms with Gasteiger partial charge in [0.2, 0.25) is 0 Å². The summed E-state index contributed by atoms with van der Waals surface area (Å²) in [6, 6.07) is 12.7. The molecule has 1 saturated heterocycles. The van der Waals surface area contributed by atoms with Gasteiger partial charge in [0.25, 0.3) is 5.91 Å². The summed E-state index contributed by atoms with van der Waals surface area (Å²) in [5, 5.41) is 2.55. The van der Waals surface area contributed by atoms with E-state index in [1.54, 1.807) is 42.5 Å². The fourth-order valence-electron chi connectivity index (χ4n) is 2.49. The van der Waals surface area contributed by atoms with Gasteiger partial charge >= 0.3 is 6.03 Å². The van der Waals surface area contributed by atoms with Gasteiger partial charge in [0.1, 0.15) is 23.9 Å². The van der Waals surface area contributed by atoms with E-state index in [-0.39, 0.29) is 24.7 Å². The van der Waals surface area contributed by atoms with E-state index in [1.165, 1.54) is 18.2 Å². The first-order valence-electron chi connectivity index (χ1n) is 8.00. The molecule has 0 radical (unpaired) electrons. The third-order valence-corrected chi connectivity index (χ3v) is 3.80. The number of para-hydroxylation sites is 1. The third-order valence-electron chi connectivity index (χ3n) is 3.80. The molecule has 5 nitrogen and oxygen atoms in total. The molecule has 0 aromatic heterocycles. The predicted octanol–water partition coefficient (Wildman–Crippen LogP) is 3.48. The summed E-state index contributed by atoms with van der Waals surface area (Å²) in [5.74, 6) is -0.171. The number of carbonyl (C=O) groups is 2. The lowest BCUT2D eigenvalue weighted by molar-refractivity contribution is -0.122. The maximum atomic E-state index is 13.0. The number of carbonyl (C=O) groups excluding carboxylic acids is 2. The molecule has 3 amide bonds. The first-order valence-corrected chi connectivity index (χ1v) is 8.00. The van der Waals surface area contributed by atoms with Crippen LogP contribution in [0.1, 0.15) is 11.1 Å². The Labute approximate surface area is 150 Å². The molecule has 0 saturated carbocycles. The smallest absolute Gasteiger partial charge is 0.329 e. The Balaban J connectivity index is 1.79. The van der Waals surface area contributed by atoms with Crippen LogP contribution in [0.2, 0.25) is 0 Å². The molecule has 0 bridgehead atoms. The number of nitrogens with one attached hydrogen (secondary N) is 1. The molecule has 2 aromatic carbocycles. The molecule has 1 aliphatic heterocycles. The summed E-state index contributed by atoms with van der Waals surface area (Å²) in [6.07, 6.45) is 3.06. The van der Waals surface area contributed by atoms with Crippen LogP contribution in [-0.2, 0) is 11.4 Å². The quantitative estimate of drug-likeness (QED) is 0.492. The zero-order valence-electron chi connectivity index (χ0n) is 13.9. The summed E-state index contributed by atoms with van der Waals surface area (Å²) in [7, 11) is 0. The van der Waals surface area contributed by atoms with Crippen molar-refractivity contribution in [2.45, 2.75) is 6.61 Å². The lowest BCUT2D eigenvalue weighted by atomic mass is 10.1. The zero-order chi connectivity index (χ0) is 18.5. The molecule has 0 spiro atoms. The monoisotopic (exact) mass is 352 g/mol. The molecule has 0 atom stereocenters. The molecule has 0 unspecified atom stereocenters. The SMILES string of the molecule is C=CCN1C(=O)NC(=Cc2ccccc2OCc2ccc(F)cc2)C1=O. The molecular weight excluding hydrogens is 335 g/mol. The van der Waals surface area contributed by atoms with Crippen molar-refractivity contribution in [1.29, 1.82) is 0 Å². The molecule has 6 heteroatoms. The maximum absolute atomic E-state index is 13.0. The van der Waals surface area contributed by atoms with Gasteiger partial charge in [0.15, 0.2) is 0 Å². The second-order valence-electron chi connectivity index (χ2n) is 5.65. The van der Waals surface area contributed by atoms with Crippen LogP contribution >= 0.6 is 0 Å². The van der Waals surface area contributed by atoms with Crippen molar-refractivity contribution in [3.8, 4) is 5.75 Å². The predicted molar refractivity (Wildman–Crippen MR) is 95.6 cm³/mol. The van der Waals surface area contributed by atoms with Crippen molar-refractivity contribution in [1.82, 2.24) is 10.2 Å². The van der Waals surface area contributed by atoms with Gasteiger partial charge in [-0.05, 0) is 29.8 Å². The Morgan fingerprint density at radius 1 is 1.12 bits per heavy atom. The Morgan fingerprint density at radius 3 is 2.58 bits per heavy atom. The Bertz CT molecular complexity index is 875. The van der Waals surface area contributed by atoms with Crippen molar-refractivity contribution in [3.63, 3.8) is 0 Å². The first-order chi connectivity index (χ1) is 12.6. The molecule has 1 heterocycles. The number of hydrogen-bond donors (Lipinski definition) is 1. The van der Waals surface area contributed by atoms with E-state index in [1.807, 2.05) is 0 Å². The number of halogens is 1. The number of benzene rings is 2. The van der Waals surface area contributed by atoms with E-state index >= 15 is 0 Å². The first kappa shape index (κ1) is 17.4. The lowest BCUT2D eigenvalue weighted by Crippen LogP contribution is -2.30. The van der Waals surface area contributed by atoms with Crippen molar-refractivity contribution in [2.24, 2.45) is 0 Å². The summed E-state index contributed by atoms with van der Waals surface area (Å²) in [4.78, 5) is 25.2. The average Bonchev–Trinajstić information content (AvgIpc) is 2.90. The van der Waals surface area contributed by atoms with E-state index in [9.17, 15) is 14.0 Å². The standard InChI is InChI=1S/C20H17FN2O3/c1-2-11-23-19(24)17(22-20(23)25)12-15-5-3-4-6-18(15)26-13-14-7-9-16(21)10-8-14/h2-10,12H,1,11,13H2,(H,22,25). The molecule has 1 fully saturated rings. The van der Waals surface area contributed by atoms with E-state index < -0.39 is 11.9 Å². The Kier molecular flexibility index (Phi) is 5.12. The second-order valence-corrected chi connectivity index (χ2v) is 5.65. The minimum Gasteiger partial charge on any atom is -0.488 e. The van der Waals surface area contributed by atoms with Crippen LogP contribution in [0.3, 0.4) is 0 Å². The van der Waals surface area contributed by atoms with Gasteiger partial charge in [-0.3, -0.25) is 9.69 Å². The largest absolute Gasteiger partial charge is 0.488 e. The molecule has 2 aromatic rings. The van der Waals surface area contributed by atoms with Gasteiger partial charge in [0, 0.05) is 12.1 Å². The number of amides is 3. The number of hydrogen-bond acceptors (Lipinski definition) is 3. The molecule has 3 rings (SSSR count). The summed E-state index contributed by atoms with van der Waals surface area (Å²) in [6.45, 7) is 3.93. The fraction of sp³-hybridized carbons (Fsp3) is 0.100. The molecule has 132 valence electrons. The highest BCUT2D eigenvalue weighted by molar-refractivity contribution is 6.14. The van der Waals surface area contributed by atoms with Crippen molar-refractivity contribution >= 4 is 18.0 Å². The van der Waals surface area contributed by atoms with Crippen LogP contribution in [0.15, 0.2) is 66.9 Å². The van der Waals surface area contributed by atoms with E-state index in [0.29, 0.717) is 11.3 Å². The summed E-state index contributed by atoms with van der Waals surface area (Å²) >= 11 is 0.